The maximum absolute atomic E-state index is 13.8. The highest BCUT2D eigenvalue weighted by molar-refractivity contribution is 5.61. The Morgan fingerprint density at radius 3 is 2.89 bits per heavy atom. The number of rotatable bonds is 14. The zero-order valence-electron chi connectivity index (χ0n) is 25.1. The molecule has 4 aromatic heterocycles. The van der Waals surface area contributed by atoms with Crippen LogP contribution in [0.1, 0.15) is 68.7 Å². The standard InChI is InChI=1S/C32H39FN8O3/c1-2-24-21-36-41-28(18-29(38-31(24)41)40-15-6-4-8-26(40)13-16-42)35-20-23-9-12-30(43)39(22-23)14-5-3-7-17-44-32-27(33)11-10-25(19-34)37-32/h9-12,18,21-22,26,35,42H,2-8,13-17,20H2,1H3/t26-/m0/s1. The third kappa shape index (κ3) is 7.34. The molecule has 0 aliphatic carbocycles. The molecular weight excluding hydrogens is 563 g/mol. The van der Waals surface area contributed by atoms with E-state index in [2.05, 4.69) is 27.2 Å². The van der Waals surface area contributed by atoms with E-state index >= 15 is 0 Å². The van der Waals surface area contributed by atoms with E-state index in [1.54, 1.807) is 10.6 Å². The molecule has 1 aliphatic rings. The van der Waals surface area contributed by atoms with Gasteiger partial charge in [0.05, 0.1) is 12.8 Å². The van der Waals surface area contributed by atoms with E-state index < -0.39 is 5.82 Å². The zero-order chi connectivity index (χ0) is 30.9. The summed E-state index contributed by atoms with van der Waals surface area (Å²) in [4.78, 5) is 23.7. The molecule has 0 radical (unpaired) electrons. The largest absolute Gasteiger partial charge is 0.476 e. The van der Waals surface area contributed by atoms with Crippen LogP contribution in [0.3, 0.4) is 0 Å². The molecule has 0 unspecified atom stereocenters. The Balaban J connectivity index is 1.21. The molecule has 0 amide bonds. The summed E-state index contributed by atoms with van der Waals surface area (Å²) in [7, 11) is 0. The molecule has 0 bridgehead atoms. The number of fused-ring (bicyclic) bond motifs is 1. The molecule has 1 saturated heterocycles. The first-order valence-corrected chi connectivity index (χ1v) is 15.4. The Morgan fingerprint density at radius 2 is 2.07 bits per heavy atom. The van der Waals surface area contributed by atoms with Gasteiger partial charge in [-0.25, -0.2) is 14.4 Å². The number of hydrogen-bond acceptors (Lipinski definition) is 9. The average Bonchev–Trinajstić information content (AvgIpc) is 3.47. The number of aliphatic hydroxyl groups is 1. The average molecular weight is 603 g/mol. The summed E-state index contributed by atoms with van der Waals surface area (Å²) in [6, 6.07) is 10.1. The molecule has 5 heterocycles. The van der Waals surface area contributed by atoms with E-state index in [0.29, 0.717) is 19.5 Å². The number of halogens is 1. The number of nitriles is 1. The minimum absolute atomic E-state index is 0.0714. The minimum Gasteiger partial charge on any atom is -0.476 e. The number of aryl methyl sites for hydroxylation is 2. The molecule has 12 heteroatoms. The summed E-state index contributed by atoms with van der Waals surface area (Å²) in [6.07, 6.45) is 10.7. The van der Waals surface area contributed by atoms with Gasteiger partial charge in [0.15, 0.2) is 11.5 Å². The molecule has 1 atom stereocenters. The fourth-order valence-corrected chi connectivity index (χ4v) is 5.64. The van der Waals surface area contributed by atoms with E-state index in [4.69, 9.17) is 15.0 Å². The van der Waals surface area contributed by atoms with Crippen molar-refractivity contribution in [2.75, 3.05) is 30.0 Å². The molecule has 5 rings (SSSR count). The van der Waals surface area contributed by atoms with Crippen LogP contribution in [0, 0.1) is 17.1 Å². The van der Waals surface area contributed by atoms with Crippen LogP contribution in [0.2, 0.25) is 0 Å². The van der Waals surface area contributed by atoms with Crippen LogP contribution in [0.15, 0.2) is 47.5 Å². The number of pyridine rings is 2. The summed E-state index contributed by atoms with van der Waals surface area (Å²) in [6.45, 7) is 4.46. The number of aromatic nitrogens is 5. The van der Waals surface area contributed by atoms with Gasteiger partial charge in [0.25, 0.3) is 11.4 Å². The van der Waals surface area contributed by atoms with Crippen LogP contribution in [0.25, 0.3) is 5.65 Å². The number of ether oxygens (including phenoxy) is 1. The molecule has 1 aliphatic heterocycles. The lowest BCUT2D eigenvalue weighted by atomic mass is 9.99. The third-order valence-corrected chi connectivity index (χ3v) is 8.02. The predicted molar refractivity (Wildman–Crippen MR) is 165 cm³/mol. The highest BCUT2D eigenvalue weighted by Crippen LogP contribution is 2.29. The molecule has 44 heavy (non-hydrogen) atoms. The fourth-order valence-electron chi connectivity index (χ4n) is 5.64. The Labute approximate surface area is 255 Å². The Hall–Kier alpha value is -4.50. The number of piperidine rings is 1. The second-order valence-electron chi connectivity index (χ2n) is 11.0. The normalized spacial score (nSPS) is 15.0. The quantitative estimate of drug-likeness (QED) is 0.201. The number of anilines is 2. The van der Waals surface area contributed by atoms with Crippen LogP contribution in [-0.4, -0.2) is 55.1 Å². The van der Waals surface area contributed by atoms with Crippen LogP contribution < -0.4 is 20.5 Å². The Bertz CT molecular complexity index is 1660. The molecular formula is C32H39FN8O3. The van der Waals surface area contributed by atoms with Gasteiger partial charge in [-0.05, 0) is 69.1 Å². The molecule has 0 saturated carbocycles. The van der Waals surface area contributed by atoms with Gasteiger partial charge in [-0.2, -0.15) is 14.9 Å². The summed E-state index contributed by atoms with van der Waals surface area (Å²) in [5.41, 5.74) is 2.89. The van der Waals surface area contributed by atoms with Crippen molar-refractivity contribution in [3.8, 4) is 11.9 Å². The number of hydrogen-bond donors (Lipinski definition) is 2. The van der Waals surface area contributed by atoms with E-state index in [9.17, 15) is 14.3 Å². The lowest BCUT2D eigenvalue weighted by Gasteiger charge is -2.36. The van der Waals surface area contributed by atoms with Crippen molar-refractivity contribution in [1.29, 1.82) is 5.26 Å². The molecule has 2 N–H and O–H groups in total. The van der Waals surface area contributed by atoms with E-state index in [1.807, 2.05) is 35.1 Å². The molecule has 232 valence electrons. The highest BCUT2D eigenvalue weighted by Gasteiger charge is 2.25. The first-order chi connectivity index (χ1) is 21.5. The lowest BCUT2D eigenvalue weighted by Crippen LogP contribution is -2.40. The van der Waals surface area contributed by atoms with Gasteiger partial charge in [-0.15, -0.1) is 0 Å². The van der Waals surface area contributed by atoms with E-state index in [-0.39, 0.29) is 36.4 Å². The molecule has 1 fully saturated rings. The van der Waals surface area contributed by atoms with Crippen LogP contribution in [-0.2, 0) is 19.5 Å². The lowest BCUT2D eigenvalue weighted by molar-refractivity contribution is 0.262. The van der Waals surface area contributed by atoms with Crippen molar-refractivity contribution in [3.63, 3.8) is 0 Å². The number of nitrogens with zero attached hydrogens (tertiary/aromatic N) is 7. The van der Waals surface area contributed by atoms with E-state index in [1.165, 1.54) is 12.1 Å². The van der Waals surface area contributed by atoms with Crippen molar-refractivity contribution < 1.29 is 14.2 Å². The Morgan fingerprint density at radius 1 is 1.18 bits per heavy atom. The maximum atomic E-state index is 13.8. The zero-order valence-corrected chi connectivity index (χ0v) is 25.1. The fraction of sp³-hybridized carbons (Fsp3) is 0.469. The van der Waals surface area contributed by atoms with Gasteiger partial charge in [0.2, 0.25) is 0 Å². The smallest absolute Gasteiger partial charge is 0.251 e. The molecule has 4 aromatic rings. The van der Waals surface area contributed by atoms with Crippen molar-refractivity contribution in [1.82, 2.24) is 24.1 Å². The first-order valence-electron chi connectivity index (χ1n) is 15.4. The van der Waals surface area contributed by atoms with Gasteiger partial charge in [0, 0.05) is 56.2 Å². The van der Waals surface area contributed by atoms with Gasteiger partial charge in [-0.3, -0.25) is 4.79 Å². The Kier molecular flexibility index (Phi) is 10.4. The summed E-state index contributed by atoms with van der Waals surface area (Å²) >= 11 is 0. The molecule has 0 spiro atoms. The summed E-state index contributed by atoms with van der Waals surface area (Å²) in [5, 5.41) is 26.7. The predicted octanol–water partition coefficient (Wildman–Crippen LogP) is 4.46. The van der Waals surface area contributed by atoms with Crippen molar-refractivity contribution in [2.45, 2.75) is 77.4 Å². The summed E-state index contributed by atoms with van der Waals surface area (Å²) in [5.74, 6) is 0.946. The second kappa shape index (κ2) is 14.8. The van der Waals surface area contributed by atoms with Crippen molar-refractivity contribution in [2.24, 2.45) is 0 Å². The van der Waals surface area contributed by atoms with Crippen LogP contribution in [0.5, 0.6) is 5.88 Å². The number of aliphatic hydroxyl groups excluding tert-OH is 1. The topological polar surface area (TPSA) is 134 Å². The SMILES string of the molecule is CCc1cnn2c(NCc3ccc(=O)n(CCCCCOc4nc(C#N)ccc4F)c3)cc(N3CCCC[C@H]3CCO)nc12. The summed E-state index contributed by atoms with van der Waals surface area (Å²) < 4.78 is 22.8. The van der Waals surface area contributed by atoms with Gasteiger partial charge < -0.3 is 24.6 Å². The third-order valence-electron chi connectivity index (χ3n) is 8.02. The maximum Gasteiger partial charge on any atom is 0.251 e. The number of unbranched alkanes of at least 4 members (excludes halogenated alkanes) is 2. The second-order valence-corrected chi connectivity index (χ2v) is 11.0. The van der Waals surface area contributed by atoms with Gasteiger partial charge in [-0.1, -0.05) is 13.0 Å². The van der Waals surface area contributed by atoms with Crippen LogP contribution >= 0.6 is 0 Å². The molecule has 11 nitrogen and oxygen atoms in total. The minimum atomic E-state index is -0.597. The monoisotopic (exact) mass is 602 g/mol. The van der Waals surface area contributed by atoms with Gasteiger partial charge >= 0.3 is 0 Å². The van der Waals surface area contributed by atoms with Crippen molar-refractivity contribution >= 4 is 17.3 Å². The first kappa shape index (κ1) is 30.9. The van der Waals surface area contributed by atoms with E-state index in [0.717, 1.165) is 79.9 Å². The number of nitrogens with one attached hydrogen (secondary N) is 1. The van der Waals surface area contributed by atoms with Gasteiger partial charge in [0.1, 0.15) is 23.4 Å². The molecule has 0 aromatic carbocycles. The highest BCUT2D eigenvalue weighted by atomic mass is 19.1. The van der Waals surface area contributed by atoms with Crippen LogP contribution in [0.4, 0.5) is 16.0 Å². The van der Waals surface area contributed by atoms with Crippen molar-refractivity contribution in [3.05, 3.63) is 75.7 Å².